The summed E-state index contributed by atoms with van der Waals surface area (Å²) >= 11 is 5.85. The summed E-state index contributed by atoms with van der Waals surface area (Å²) in [5.41, 5.74) is 5.09. The zero-order valence-electron chi connectivity index (χ0n) is 20.6. The Kier molecular flexibility index (Phi) is 6.61. The number of thiocarbonyl (C=S) groups is 1. The van der Waals surface area contributed by atoms with Crippen molar-refractivity contribution in [2.24, 2.45) is 0 Å². The summed E-state index contributed by atoms with van der Waals surface area (Å²) < 4.78 is 34.2. The van der Waals surface area contributed by atoms with Gasteiger partial charge in [-0.15, -0.1) is 0 Å². The van der Waals surface area contributed by atoms with Crippen molar-refractivity contribution < 1.29 is 13.2 Å². The first kappa shape index (κ1) is 24.8. The molecule has 10 heteroatoms. The van der Waals surface area contributed by atoms with Crippen molar-refractivity contribution in [1.82, 2.24) is 14.9 Å². The lowest BCUT2D eigenvalue weighted by molar-refractivity contribution is 0.417. The first-order chi connectivity index (χ1) is 17.7. The van der Waals surface area contributed by atoms with E-state index in [4.69, 9.17) is 17.0 Å². The smallest absolute Gasteiger partial charge is 0.229 e. The number of aryl methyl sites for hydroxylation is 1. The van der Waals surface area contributed by atoms with Gasteiger partial charge in [-0.3, -0.25) is 9.71 Å². The average Bonchev–Trinajstić information content (AvgIpc) is 3.48. The Hall–Kier alpha value is -3.89. The lowest BCUT2D eigenvalue weighted by Crippen LogP contribution is -2.30. The highest BCUT2D eigenvalue weighted by molar-refractivity contribution is 7.92. The molecule has 0 aliphatic carbocycles. The third kappa shape index (κ3) is 5.03. The van der Waals surface area contributed by atoms with Gasteiger partial charge in [0.2, 0.25) is 10.0 Å². The molecular weight excluding hydrogens is 506 g/mol. The minimum Gasteiger partial charge on any atom is -0.495 e. The number of ether oxygens (including phenoxy) is 1. The van der Waals surface area contributed by atoms with Gasteiger partial charge in [0.15, 0.2) is 5.11 Å². The summed E-state index contributed by atoms with van der Waals surface area (Å²) in [5, 5.41) is 3.96. The fourth-order valence-electron chi connectivity index (χ4n) is 4.63. The number of hydrogen-bond acceptors (Lipinski definition) is 5. The van der Waals surface area contributed by atoms with Crippen LogP contribution in [-0.4, -0.2) is 36.4 Å². The number of nitrogens with one attached hydrogen (secondary N) is 2. The van der Waals surface area contributed by atoms with Crippen LogP contribution in [0.3, 0.4) is 0 Å². The van der Waals surface area contributed by atoms with E-state index in [1.165, 1.54) is 12.7 Å². The molecule has 0 radical (unpaired) electrons. The van der Waals surface area contributed by atoms with E-state index < -0.39 is 10.0 Å². The molecule has 2 aromatic heterocycles. The van der Waals surface area contributed by atoms with Gasteiger partial charge in [-0.1, -0.05) is 23.8 Å². The predicted octanol–water partition coefficient (Wildman–Crippen LogP) is 4.74. The summed E-state index contributed by atoms with van der Waals surface area (Å²) in [7, 11) is -2.03. The van der Waals surface area contributed by atoms with Crippen LogP contribution >= 0.6 is 12.2 Å². The van der Waals surface area contributed by atoms with E-state index in [1.807, 2.05) is 41.4 Å². The molecule has 37 heavy (non-hydrogen) atoms. The van der Waals surface area contributed by atoms with Gasteiger partial charge >= 0.3 is 0 Å². The van der Waals surface area contributed by atoms with Gasteiger partial charge in [-0.2, -0.15) is 0 Å². The maximum absolute atomic E-state index is 12.0. The number of sulfonamides is 1. The van der Waals surface area contributed by atoms with Crippen LogP contribution in [-0.2, 0) is 10.0 Å². The van der Waals surface area contributed by atoms with Crippen molar-refractivity contribution in [3.63, 3.8) is 0 Å². The molecule has 2 N–H and O–H groups in total. The maximum atomic E-state index is 12.0. The molecule has 0 spiro atoms. The Morgan fingerprint density at radius 2 is 1.78 bits per heavy atom. The lowest BCUT2D eigenvalue weighted by atomic mass is 10.0. The molecule has 4 aromatic rings. The second-order valence-corrected chi connectivity index (χ2v) is 11.0. The van der Waals surface area contributed by atoms with E-state index in [0.717, 1.165) is 23.3 Å². The molecule has 3 heterocycles. The zero-order chi connectivity index (χ0) is 26.2. The second kappa shape index (κ2) is 9.87. The van der Waals surface area contributed by atoms with Crippen molar-refractivity contribution >= 4 is 38.7 Å². The lowest BCUT2D eigenvalue weighted by Gasteiger charge is -2.29. The Morgan fingerprint density at radius 3 is 2.46 bits per heavy atom. The van der Waals surface area contributed by atoms with Crippen molar-refractivity contribution in [1.29, 1.82) is 0 Å². The largest absolute Gasteiger partial charge is 0.495 e. The number of rotatable bonds is 7. The summed E-state index contributed by atoms with van der Waals surface area (Å²) in [6.07, 6.45) is 4.90. The molecule has 0 amide bonds. The van der Waals surface area contributed by atoms with Crippen molar-refractivity contribution in [3.8, 4) is 11.4 Å². The molecule has 1 fully saturated rings. The van der Waals surface area contributed by atoms with Crippen LogP contribution in [0.4, 0.5) is 11.4 Å². The third-order valence-electron chi connectivity index (χ3n) is 6.25. The highest BCUT2D eigenvalue weighted by atomic mass is 32.2. The Bertz CT molecular complexity index is 1540. The fourth-order valence-corrected chi connectivity index (χ4v) is 5.54. The molecule has 1 aliphatic rings. The molecule has 2 aromatic carbocycles. The number of anilines is 2. The first-order valence-electron chi connectivity index (χ1n) is 11.7. The average molecular weight is 534 g/mol. The highest BCUT2D eigenvalue weighted by Gasteiger charge is 2.42. The predicted molar refractivity (Wildman–Crippen MR) is 150 cm³/mol. The van der Waals surface area contributed by atoms with Crippen LogP contribution in [0.25, 0.3) is 5.69 Å². The van der Waals surface area contributed by atoms with Crippen molar-refractivity contribution in [2.45, 2.75) is 19.0 Å². The Balaban J connectivity index is 1.66. The molecule has 8 nitrogen and oxygen atoms in total. The van der Waals surface area contributed by atoms with Crippen LogP contribution in [0.15, 0.2) is 85.2 Å². The molecule has 0 saturated carbocycles. The topological polar surface area (TPSA) is 88.5 Å². The Labute approximate surface area is 222 Å². The monoisotopic (exact) mass is 533 g/mol. The summed E-state index contributed by atoms with van der Waals surface area (Å²) in [5.74, 6) is 0.410. The zero-order valence-corrected chi connectivity index (χ0v) is 22.3. The number of aromatic nitrogens is 2. The Morgan fingerprint density at radius 1 is 1.03 bits per heavy atom. The van der Waals surface area contributed by atoms with Crippen LogP contribution < -0.4 is 19.7 Å². The SMILES string of the molecule is COc1ccc(N2C(=S)N[C@H](c3ccccn3)[C@@H]2c2cccn2-c2ccc(C)cc2)cc1NS(C)(=O)=O. The molecule has 2 atom stereocenters. The van der Waals surface area contributed by atoms with E-state index in [2.05, 4.69) is 56.8 Å². The molecule has 0 unspecified atom stereocenters. The third-order valence-corrected chi connectivity index (χ3v) is 7.16. The fraction of sp³-hybridized carbons (Fsp3) is 0.185. The van der Waals surface area contributed by atoms with Gasteiger partial charge in [-0.05, 0) is 73.7 Å². The first-order valence-corrected chi connectivity index (χ1v) is 14.0. The number of nitrogens with zero attached hydrogens (tertiary/aromatic N) is 3. The van der Waals surface area contributed by atoms with E-state index in [-0.39, 0.29) is 12.1 Å². The highest BCUT2D eigenvalue weighted by Crippen LogP contribution is 2.43. The van der Waals surface area contributed by atoms with Crippen LogP contribution in [0.5, 0.6) is 5.75 Å². The van der Waals surface area contributed by atoms with E-state index in [0.29, 0.717) is 22.2 Å². The number of hydrogen-bond donors (Lipinski definition) is 2. The van der Waals surface area contributed by atoms with Crippen LogP contribution in [0.1, 0.15) is 29.0 Å². The van der Waals surface area contributed by atoms with Crippen LogP contribution in [0, 0.1) is 6.92 Å². The van der Waals surface area contributed by atoms with E-state index in [9.17, 15) is 8.42 Å². The van der Waals surface area contributed by atoms with Gasteiger partial charge in [0, 0.05) is 29.5 Å². The normalized spacial score (nSPS) is 17.5. The summed E-state index contributed by atoms with van der Waals surface area (Å²) in [6.45, 7) is 2.06. The van der Waals surface area contributed by atoms with E-state index >= 15 is 0 Å². The molecule has 5 rings (SSSR count). The molecule has 190 valence electrons. The van der Waals surface area contributed by atoms with Gasteiger partial charge < -0.3 is 19.5 Å². The quantitative estimate of drug-likeness (QED) is 0.332. The molecule has 1 saturated heterocycles. The van der Waals surface area contributed by atoms with Gasteiger partial charge in [0.05, 0.1) is 30.8 Å². The number of benzene rings is 2. The maximum Gasteiger partial charge on any atom is 0.229 e. The number of pyridine rings is 1. The van der Waals surface area contributed by atoms with Gasteiger partial charge in [-0.25, -0.2) is 8.42 Å². The molecule has 1 aliphatic heterocycles. The van der Waals surface area contributed by atoms with E-state index in [1.54, 1.807) is 18.3 Å². The van der Waals surface area contributed by atoms with Gasteiger partial charge in [0.1, 0.15) is 11.8 Å². The second-order valence-electron chi connectivity index (χ2n) is 8.89. The van der Waals surface area contributed by atoms with Crippen LogP contribution in [0.2, 0.25) is 0 Å². The summed E-state index contributed by atoms with van der Waals surface area (Å²) in [6, 6.07) is 23.0. The van der Waals surface area contributed by atoms with Crippen molar-refractivity contribution in [2.75, 3.05) is 23.0 Å². The molecule has 0 bridgehead atoms. The van der Waals surface area contributed by atoms with Gasteiger partial charge in [0.25, 0.3) is 0 Å². The summed E-state index contributed by atoms with van der Waals surface area (Å²) in [4.78, 5) is 6.62. The standard InChI is InChI=1S/C27H27N5O3S2/c1-18-9-11-19(12-10-18)31-16-6-8-23(31)26-25(21-7-4-5-15-28-21)29-27(36)32(26)20-13-14-24(35-2)22(17-20)30-37(3,33)34/h4-17,25-26,30H,1-3H3,(H,29,36)/t25-,26+/m1/s1. The number of methoxy groups -OCH3 is 1. The molecular formula is C27H27N5O3S2. The minimum atomic E-state index is -3.53. The minimum absolute atomic E-state index is 0.249. The van der Waals surface area contributed by atoms with Crippen molar-refractivity contribution in [3.05, 3.63) is 102 Å².